The zero-order valence-electron chi connectivity index (χ0n) is 12.6. The minimum atomic E-state index is -0.460. The van der Waals surface area contributed by atoms with Gasteiger partial charge in [0.05, 0.1) is 12.8 Å². The maximum atomic E-state index is 11.1. The third-order valence-electron chi connectivity index (χ3n) is 3.56. The van der Waals surface area contributed by atoms with Gasteiger partial charge in [-0.1, -0.05) is 12.1 Å². The number of aromatic nitrogens is 2. The number of carbonyl (C=O) groups excluding carboxylic acids is 1. The fourth-order valence-electron chi connectivity index (χ4n) is 2.29. The molecule has 3 rings (SSSR count). The average molecular weight is 308 g/mol. The molecule has 3 aromatic rings. The number of nitrogens with zero attached hydrogens (tertiary/aromatic N) is 2. The molecule has 0 aliphatic heterocycles. The van der Waals surface area contributed by atoms with E-state index in [1.54, 1.807) is 36.1 Å². The average Bonchev–Trinajstić information content (AvgIpc) is 2.97. The van der Waals surface area contributed by atoms with Crippen molar-refractivity contribution < 1.29 is 9.53 Å². The summed E-state index contributed by atoms with van der Waals surface area (Å²) in [5.74, 6) is 0.724. The first-order chi connectivity index (χ1) is 11.1. The maximum absolute atomic E-state index is 11.1. The number of primary amides is 1. The summed E-state index contributed by atoms with van der Waals surface area (Å²) in [7, 11) is 1.62. The first-order valence-corrected chi connectivity index (χ1v) is 6.98. The lowest BCUT2D eigenvalue weighted by molar-refractivity contribution is 0.100. The number of amides is 1. The van der Waals surface area contributed by atoms with E-state index in [0.29, 0.717) is 11.4 Å². The monoisotopic (exact) mass is 308 g/mol. The van der Waals surface area contributed by atoms with Crippen LogP contribution in [0.1, 0.15) is 10.4 Å². The van der Waals surface area contributed by atoms with E-state index in [4.69, 9.17) is 16.2 Å². The molecule has 0 saturated carbocycles. The first kappa shape index (κ1) is 14.6. The highest BCUT2D eigenvalue weighted by Crippen LogP contribution is 2.27. The van der Waals surface area contributed by atoms with Gasteiger partial charge in [0.2, 0.25) is 5.91 Å². The van der Waals surface area contributed by atoms with Crippen LogP contribution in [-0.4, -0.2) is 22.8 Å². The topological polar surface area (TPSA) is 96.2 Å². The zero-order chi connectivity index (χ0) is 16.4. The van der Waals surface area contributed by atoms with Gasteiger partial charge < -0.3 is 16.2 Å². The van der Waals surface area contributed by atoms with Crippen LogP contribution < -0.4 is 16.2 Å². The number of nitrogen functional groups attached to an aromatic ring is 1. The predicted molar refractivity (Wildman–Crippen MR) is 88.5 cm³/mol. The Hall–Kier alpha value is -3.28. The molecule has 2 aromatic carbocycles. The van der Waals surface area contributed by atoms with Crippen molar-refractivity contribution >= 4 is 11.7 Å². The molecule has 1 aromatic heterocycles. The Morgan fingerprint density at radius 3 is 2.30 bits per heavy atom. The van der Waals surface area contributed by atoms with Crippen LogP contribution in [0, 0.1) is 0 Å². The quantitative estimate of drug-likeness (QED) is 0.772. The number of methoxy groups -OCH3 is 1. The van der Waals surface area contributed by atoms with E-state index in [-0.39, 0.29) is 0 Å². The Morgan fingerprint density at radius 2 is 1.74 bits per heavy atom. The molecule has 0 radical (unpaired) electrons. The van der Waals surface area contributed by atoms with Crippen molar-refractivity contribution in [1.82, 2.24) is 9.78 Å². The van der Waals surface area contributed by atoms with E-state index >= 15 is 0 Å². The second kappa shape index (κ2) is 5.84. The summed E-state index contributed by atoms with van der Waals surface area (Å²) in [6.45, 7) is 0. The summed E-state index contributed by atoms with van der Waals surface area (Å²) in [6, 6.07) is 14.4. The Bertz CT molecular complexity index is 836. The lowest BCUT2D eigenvalue weighted by Gasteiger charge is -2.03. The van der Waals surface area contributed by atoms with E-state index in [2.05, 4.69) is 5.10 Å². The fraction of sp³-hybridized carbons (Fsp3) is 0.0588. The molecule has 0 bridgehead atoms. The van der Waals surface area contributed by atoms with Crippen molar-refractivity contribution in [2.75, 3.05) is 12.8 Å². The number of benzene rings is 2. The first-order valence-electron chi connectivity index (χ1n) is 6.98. The lowest BCUT2D eigenvalue weighted by atomic mass is 10.1. The molecule has 6 heteroatoms. The molecule has 0 saturated heterocycles. The normalized spacial score (nSPS) is 10.5. The molecule has 1 amide bonds. The summed E-state index contributed by atoms with van der Waals surface area (Å²) in [6.07, 6.45) is 1.84. The number of nitrogens with two attached hydrogens (primary N) is 2. The Labute approximate surface area is 133 Å². The second-order valence-corrected chi connectivity index (χ2v) is 5.01. The minimum absolute atomic E-state index is 0.410. The molecule has 116 valence electrons. The molecular formula is C17H16N4O2. The van der Waals surface area contributed by atoms with Crippen molar-refractivity contribution in [3.05, 3.63) is 60.3 Å². The third-order valence-corrected chi connectivity index (χ3v) is 3.56. The highest BCUT2D eigenvalue weighted by molar-refractivity contribution is 5.93. The van der Waals surface area contributed by atoms with Crippen LogP contribution >= 0.6 is 0 Å². The SMILES string of the molecule is COc1ccc(-n2cc(-c3ccc(C(N)=O)cc3)c(N)n2)cc1. The van der Waals surface area contributed by atoms with Gasteiger partial charge in [0, 0.05) is 17.3 Å². The molecule has 0 spiro atoms. The zero-order valence-corrected chi connectivity index (χ0v) is 12.6. The molecule has 0 aliphatic carbocycles. The van der Waals surface area contributed by atoms with Crippen LogP contribution in [-0.2, 0) is 0 Å². The number of anilines is 1. The molecular weight excluding hydrogens is 292 g/mol. The van der Waals surface area contributed by atoms with E-state index in [1.165, 1.54) is 0 Å². The molecule has 0 atom stereocenters. The molecule has 1 heterocycles. The molecule has 6 nitrogen and oxygen atoms in total. The van der Waals surface area contributed by atoms with Gasteiger partial charge >= 0.3 is 0 Å². The summed E-state index contributed by atoms with van der Waals surface area (Å²) in [5.41, 5.74) is 14.2. The van der Waals surface area contributed by atoms with Gasteiger partial charge in [-0.15, -0.1) is 0 Å². The number of rotatable bonds is 4. The van der Waals surface area contributed by atoms with Crippen molar-refractivity contribution in [2.24, 2.45) is 5.73 Å². The van der Waals surface area contributed by atoms with Crippen LogP contribution in [0.2, 0.25) is 0 Å². The predicted octanol–water partition coefficient (Wildman–Crippen LogP) is 2.23. The number of ether oxygens (including phenoxy) is 1. The molecule has 23 heavy (non-hydrogen) atoms. The highest BCUT2D eigenvalue weighted by Gasteiger charge is 2.10. The standard InChI is InChI=1S/C17H16N4O2/c1-23-14-8-6-13(7-9-14)21-10-15(16(18)20-21)11-2-4-12(5-3-11)17(19)22/h2-10H,1H3,(H2,18,20)(H2,19,22). The van der Waals surface area contributed by atoms with Crippen LogP contribution in [0.3, 0.4) is 0 Å². The van der Waals surface area contributed by atoms with Gasteiger partial charge in [0.1, 0.15) is 5.75 Å². The van der Waals surface area contributed by atoms with E-state index < -0.39 is 5.91 Å². The van der Waals surface area contributed by atoms with Crippen LogP contribution in [0.5, 0.6) is 5.75 Å². The van der Waals surface area contributed by atoms with Gasteiger partial charge in [-0.05, 0) is 42.0 Å². The Kier molecular flexibility index (Phi) is 3.72. The van der Waals surface area contributed by atoms with Gasteiger partial charge in [-0.3, -0.25) is 4.79 Å². The van der Waals surface area contributed by atoms with Crippen molar-refractivity contribution in [2.45, 2.75) is 0 Å². The molecule has 0 aliphatic rings. The number of carbonyl (C=O) groups is 1. The van der Waals surface area contributed by atoms with Crippen LogP contribution in [0.15, 0.2) is 54.7 Å². The summed E-state index contributed by atoms with van der Waals surface area (Å²) in [5, 5.41) is 4.33. The van der Waals surface area contributed by atoms with Gasteiger partial charge in [0.15, 0.2) is 5.82 Å². The lowest BCUT2D eigenvalue weighted by Crippen LogP contribution is -2.10. The van der Waals surface area contributed by atoms with E-state index in [0.717, 1.165) is 22.6 Å². The van der Waals surface area contributed by atoms with Crippen LogP contribution in [0.4, 0.5) is 5.82 Å². The smallest absolute Gasteiger partial charge is 0.248 e. The highest BCUT2D eigenvalue weighted by atomic mass is 16.5. The van der Waals surface area contributed by atoms with Gasteiger partial charge in [0.25, 0.3) is 0 Å². The molecule has 0 fully saturated rings. The largest absolute Gasteiger partial charge is 0.497 e. The van der Waals surface area contributed by atoms with Crippen LogP contribution in [0.25, 0.3) is 16.8 Å². The second-order valence-electron chi connectivity index (χ2n) is 5.01. The van der Waals surface area contributed by atoms with E-state index in [1.807, 2.05) is 30.5 Å². The Balaban J connectivity index is 1.95. The van der Waals surface area contributed by atoms with Crippen molar-refractivity contribution in [3.63, 3.8) is 0 Å². The number of hydrogen-bond acceptors (Lipinski definition) is 4. The van der Waals surface area contributed by atoms with E-state index in [9.17, 15) is 4.79 Å². The Morgan fingerprint density at radius 1 is 1.09 bits per heavy atom. The molecule has 4 N–H and O–H groups in total. The minimum Gasteiger partial charge on any atom is -0.497 e. The van der Waals surface area contributed by atoms with Crippen molar-refractivity contribution in [1.29, 1.82) is 0 Å². The summed E-state index contributed by atoms with van der Waals surface area (Å²) in [4.78, 5) is 11.1. The van der Waals surface area contributed by atoms with Crippen molar-refractivity contribution in [3.8, 4) is 22.6 Å². The third kappa shape index (κ3) is 2.87. The van der Waals surface area contributed by atoms with Gasteiger partial charge in [-0.25, -0.2) is 4.68 Å². The number of hydrogen-bond donors (Lipinski definition) is 2. The summed E-state index contributed by atoms with van der Waals surface area (Å²) < 4.78 is 6.84. The molecule has 0 unspecified atom stereocenters. The fourth-order valence-corrected chi connectivity index (χ4v) is 2.29. The van der Waals surface area contributed by atoms with Gasteiger partial charge in [-0.2, -0.15) is 5.10 Å². The summed E-state index contributed by atoms with van der Waals surface area (Å²) >= 11 is 0. The maximum Gasteiger partial charge on any atom is 0.248 e.